The number of H-pyrrole nitrogens is 1. The molecule has 1 amide bonds. The second-order valence-corrected chi connectivity index (χ2v) is 6.64. The van der Waals surface area contributed by atoms with Gasteiger partial charge in [0.25, 0.3) is 5.56 Å². The van der Waals surface area contributed by atoms with Gasteiger partial charge in [-0.25, -0.2) is 4.98 Å². The van der Waals surface area contributed by atoms with Gasteiger partial charge in [-0.15, -0.1) is 24.8 Å². The summed E-state index contributed by atoms with van der Waals surface area (Å²) in [4.78, 5) is 28.9. The maximum Gasteiger partial charge on any atom is 0.273 e. The minimum atomic E-state index is -0.143. The standard InChI is InChI=1S/C18H29N5O2.2ClH/c1-5-6-7-13(10-19)21-15(24)9-8-14-11(2)16-17(20-12(14)3)23(4)22-18(16)25;;/h13H,5-10,19H2,1-4H3,(H,21,24)(H,22,25);2*1H. The number of carbonyl (C=O) groups is 1. The summed E-state index contributed by atoms with van der Waals surface area (Å²) < 4.78 is 1.63. The second kappa shape index (κ2) is 11.3. The van der Waals surface area contributed by atoms with E-state index in [9.17, 15) is 9.59 Å². The summed E-state index contributed by atoms with van der Waals surface area (Å²) >= 11 is 0. The topological polar surface area (TPSA) is 106 Å². The van der Waals surface area contributed by atoms with Crippen LogP contribution in [0.4, 0.5) is 0 Å². The van der Waals surface area contributed by atoms with Crippen LogP contribution in [0.3, 0.4) is 0 Å². The van der Waals surface area contributed by atoms with Crippen molar-refractivity contribution in [1.29, 1.82) is 0 Å². The van der Waals surface area contributed by atoms with E-state index in [1.54, 1.807) is 11.7 Å². The van der Waals surface area contributed by atoms with E-state index in [4.69, 9.17) is 5.73 Å². The van der Waals surface area contributed by atoms with Crippen molar-refractivity contribution in [2.45, 2.75) is 58.9 Å². The van der Waals surface area contributed by atoms with E-state index in [-0.39, 0.29) is 42.3 Å². The maximum atomic E-state index is 12.2. The molecule has 0 saturated carbocycles. The molecule has 2 rings (SSSR count). The van der Waals surface area contributed by atoms with Crippen molar-refractivity contribution in [1.82, 2.24) is 20.1 Å². The number of amides is 1. The molecule has 0 aliphatic carbocycles. The molecule has 27 heavy (non-hydrogen) atoms. The Bertz CT molecular complexity index is 816. The Morgan fingerprint density at radius 3 is 2.59 bits per heavy atom. The number of nitrogens with one attached hydrogen (secondary N) is 2. The molecule has 1 atom stereocenters. The Hall–Kier alpha value is -1.57. The van der Waals surface area contributed by atoms with Gasteiger partial charge in [-0.1, -0.05) is 19.8 Å². The number of halogens is 2. The zero-order valence-electron chi connectivity index (χ0n) is 16.4. The lowest BCUT2D eigenvalue weighted by molar-refractivity contribution is -0.121. The third-order valence-corrected chi connectivity index (χ3v) is 4.73. The van der Waals surface area contributed by atoms with Gasteiger partial charge in [-0.3, -0.25) is 19.4 Å². The first-order valence-corrected chi connectivity index (χ1v) is 8.93. The van der Waals surface area contributed by atoms with E-state index in [1.807, 2.05) is 13.8 Å². The summed E-state index contributed by atoms with van der Waals surface area (Å²) in [6.45, 7) is 6.41. The summed E-state index contributed by atoms with van der Waals surface area (Å²) in [5.41, 5.74) is 8.97. The van der Waals surface area contributed by atoms with E-state index in [0.29, 0.717) is 30.4 Å². The van der Waals surface area contributed by atoms with Crippen LogP contribution in [0.1, 0.15) is 49.4 Å². The fraction of sp³-hybridized carbons (Fsp3) is 0.611. The molecule has 1 unspecified atom stereocenters. The van der Waals surface area contributed by atoms with E-state index >= 15 is 0 Å². The van der Waals surface area contributed by atoms with E-state index in [0.717, 1.165) is 36.1 Å². The van der Waals surface area contributed by atoms with Crippen molar-refractivity contribution in [3.8, 4) is 0 Å². The molecule has 0 radical (unpaired) electrons. The predicted octanol–water partition coefficient (Wildman–Crippen LogP) is 2.29. The van der Waals surface area contributed by atoms with Crippen molar-refractivity contribution in [2.24, 2.45) is 12.8 Å². The first-order valence-electron chi connectivity index (χ1n) is 8.93. The molecule has 2 aromatic rings. The Morgan fingerprint density at radius 2 is 2.00 bits per heavy atom. The minimum Gasteiger partial charge on any atom is -0.352 e. The smallest absolute Gasteiger partial charge is 0.273 e. The highest BCUT2D eigenvalue weighted by Gasteiger charge is 2.17. The Labute approximate surface area is 172 Å². The lowest BCUT2D eigenvalue weighted by atomic mass is 10.00. The highest BCUT2D eigenvalue weighted by molar-refractivity contribution is 5.85. The lowest BCUT2D eigenvalue weighted by Gasteiger charge is -2.17. The van der Waals surface area contributed by atoms with E-state index in [2.05, 4.69) is 22.3 Å². The van der Waals surface area contributed by atoms with Crippen molar-refractivity contribution >= 4 is 41.8 Å². The number of fused-ring (bicyclic) bond motifs is 1. The SMILES string of the molecule is CCCCC(CN)NC(=O)CCc1c(C)nc2c(c1C)c(=O)[nH]n2C.Cl.Cl. The molecule has 0 spiro atoms. The maximum absolute atomic E-state index is 12.2. The number of nitrogens with zero attached hydrogens (tertiary/aromatic N) is 2. The fourth-order valence-corrected chi connectivity index (χ4v) is 3.25. The number of rotatable bonds is 8. The van der Waals surface area contributed by atoms with Crippen LogP contribution in [0.2, 0.25) is 0 Å². The van der Waals surface area contributed by atoms with Crippen molar-refractivity contribution < 1.29 is 4.79 Å². The quantitative estimate of drug-likeness (QED) is 0.609. The fourth-order valence-electron chi connectivity index (χ4n) is 3.25. The van der Waals surface area contributed by atoms with Gasteiger partial charge >= 0.3 is 0 Å². The number of hydrogen-bond donors (Lipinski definition) is 3. The van der Waals surface area contributed by atoms with Crippen molar-refractivity contribution in [2.75, 3.05) is 6.54 Å². The summed E-state index contributed by atoms with van der Waals surface area (Å²) in [7, 11) is 1.77. The molecule has 0 aromatic carbocycles. The zero-order valence-corrected chi connectivity index (χ0v) is 18.1. The number of pyridine rings is 1. The van der Waals surface area contributed by atoms with Crippen LogP contribution in [-0.4, -0.2) is 33.3 Å². The number of aromatic amines is 1. The molecule has 0 fully saturated rings. The number of aryl methyl sites for hydroxylation is 3. The monoisotopic (exact) mass is 419 g/mol. The van der Waals surface area contributed by atoms with Gasteiger partial charge in [-0.05, 0) is 37.8 Å². The first kappa shape index (κ1) is 25.4. The minimum absolute atomic E-state index is 0. The van der Waals surface area contributed by atoms with Gasteiger partial charge in [0.2, 0.25) is 5.91 Å². The normalized spacial score (nSPS) is 11.6. The van der Waals surface area contributed by atoms with Crippen LogP contribution >= 0.6 is 24.8 Å². The Morgan fingerprint density at radius 1 is 1.33 bits per heavy atom. The summed E-state index contributed by atoms with van der Waals surface area (Å²) in [5, 5.41) is 6.34. The predicted molar refractivity (Wildman–Crippen MR) is 114 cm³/mol. The average Bonchev–Trinajstić information content (AvgIpc) is 2.85. The first-order chi connectivity index (χ1) is 11.9. The van der Waals surface area contributed by atoms with Gasteiger partial charge in [0.1, 0.15) is 0 Å². The number of nitrogens with two attached hydrogens (primary N) is 1. The van der Waals surface area contributed by atoms with Crippen LogP contribution < -0.4 is 16.6 Å². The van der Waals surface area contributed by atoms with Gasteiger partial charge in [0.05, 0.1) is 5.39 Å². The highest BCUT2D eigenvalue weighted by atomic mass is 35.5. The van der Waals surface area contributed by atoms with Crippen molar-refractivity contribution in [3.05, 3.63) is 27.2 Å². The molecule has 0 bridgehead atoms. The summed E-state index contributed by atoms with van der Waals surface area (Å²) in [6.07, 6.45) is 3.97. The molecule has 0 aliphatic rings. The van der Waals surface area contributed by atoms with Crippen LogP contribution in [-0.2, 0) is 18.3 Å². The number of unbranched alkanes of at least 4 members (excludes halogenated alkanes) is 1. The lowest BCUT2D eigenvalue weighted by Crippen LogP contribution is -2.40. The van der Waals surface area contributed by atoms with Gasteiger partial charge in [-0.2, -0.15) is 0 Å². The van der Waals surface area contributed by atoms with E-state index in [1.165, 1.54) is 0 Å². The van der Waals surface area contributed by atoms with Crippen LogP contribution in [0, 0.1) is 13.8 Å². The van der Waals surface area contributed by atoms with Gasteiger partial charge in [0, 0.05) is 31.7 Å². The van der Waals surface area contributed by atoms with Crippen LogP contribution in [0.5, 0.6) is 0 Å². The zero-order chi connectivity index (χ0) is 18.6. The molecule has 2 aromatic heterocycles. The number of carbonyl (C=O) groups excluding carboxylic acids is 1. The third-order valence-electron chi connectivity index (χ3n) is 4.73. The molecule has 4 N–H and O–H groups in total. The van der Waals surface area contributed by atoms with Gasteiger partial charge in [0.15, 0.2) is 5.65 Å². The molecular weight excluding hydrogens is 389 g/mol. The third kappa shape index (κ3) is 5.96. The van der Waals surface area contributed by atoms with Gasteiger partial charge < -0.3 is 11.1 Å². The van der Waals surface area contributed by atoms with Crippen molar-refractivity contribution in [3.63, 3.8) is 0 Å². The summed E-state index contributed by atoms with van der Waals surface area (Å²) in [6, 6.07) is 0.0345. The molecule has 0 saturated heterocycles. The highest BCUT2D eigenvalue weighted by Crippen LogP contribution is 2.21. The summed E-state index contributed by atoms with van der Waals surface area (Å²) in [5.74, 6) is -0.00702. The van der Waals surface area contributed by atoms with Crippen LogP contribution in [0.25, 0.3) is 11.0 Å². The average molecular weight is 420 g/mol. The largest absolute Gasteiger partial charge is 0.352 e. The molecular formula is C18H31Cl2N5O2. The second-order valence-electron chi connectivity index (χ2n) is 6.64. The number of hydrogen-bond acceptors (Lipinski definition) is 4. The van der Waals surface area contributed by atoms with Crippen LogP contribution in [0.15, 0.2) is 4.79 Å². The molecule has 0 aliphatic heterocycles. The molecule has 154 valence electrons. The molecule has 9 heteroatoms. The Kier molecular flexibility index (Phi) is 10.7. The Balaban J connectivity index is 0.00000338. The number of aromatic nitrogens is 3. The van der Waals surface area contributed by atoms with E-state index < -0.39 is 0 Å². The molecule has 2 heterocycles. The molecule has 7 nitrogen and oxygen atoms in total.